The molecule has 0 saturated heterocycles. The summed E-state index contributed by atoms with van der Waals surface area (Å²) in [6, 6.07) is 0.588. The van der Waals surface area contributed by atoms with Crippen molar-refractivity contribution in [2.75, 3.05) is 0 Å². The molecule has 0 saturated carbocycles. The van der Waals surface area contributed by atoms with E-state index in [1.54, 1.807) is 0 Å². The lowest BCUT2D eigenvalue weighted by Gasteiger charge is -2.22. The van der Waals surface area contributed by atoms with Crippen molar-refractivity contribution in [2.45, 2.75) is 245 Å². The van der Waals surface area contributed by atoms with Gasteiger partial charge in [-0.3, -0.25) is 0 Å². The monoisotopic (exact) mass is 601 g/mol. The molecule has 2 heteroatoms. The van der Waals surface area contributed by atoms with Crippen LogP contribution in [0, 0.1) is 0 Å². The van der Waals surface area contributed by atoms with E-state index in [0.29, 0.717) is 12.0 Å². The molecule has 0 fully saturated rings. The Hall–Kier alpha value is -0.790. The quantitative estimate of drug-likeness (QED) is 0.0719. The van der Waals surface area contributed by atoms with Gasteiger partial charge in [-0.05, 0) is 26.2 Å². The van der Waals surface area contributed by atoms with Crippen LogP contribution in [0.4, 0.5) is 0 Å². The van der Waals surface area contributed by atoms with Gasteiger partial charge in [-0.2, -0.15) is 0 Å². The third-order valence-electron chi connectivity index (χ3n) is 10.1. The van der Waals surface area contributed by atoms with Crippen LogP contribution in [0.2, 0.25) is 0 Å². The van der Waals surface area contributed by atoms with E-state index in [-0.39, 0.29) is 0 Å². The van der Waals surface area contributed by atoms with Crippen LogP contribution in [-0.4, -0.2) is 9.55 Å². The SMILES string of the molecule is CCCCCCCCCCCCCCCC(CCCCCCC)c1nccn1C(C)CCCCCCCCCCCCC. The average molecular weight is 601 g/mol. The first kappa shape index (κ1) is 40.2. The van der Waals surface area contributed by atoms with Gasteiger partial charge in [0.2, 0.25) is 0 Å². The highest BCUT2D eigenvalue weighted by molar-refractivity contribution is 5.02. The van der Waals surface area contributed by atoms with Crippen molar-refractivity contribution in [3.05, 3.63) is 18.2 Å². The number of nitrogens with zero attached hydrogens (tertiary/aromatic N) is 2. The zero-order chi connectivity index (χ0) is 31.1. The van der Waals surface area contributed by atoms with Gasteiger partial charge in [0.1, 0.15) is 5.82 Å². The van der Waals surface area contributed by atoms with Crippen LogP contribution in [0.25, 0.3) is 0 Å². The summed E-state index contributed by atoms with van der Waals surface area (Å²) in [6.45, 7) is 9.39. The Kier molecular flexibility index (Phi) is 29.2. The number of rotatable bonds is 34. The normalized spacial score (nSPS) is 13.1. The predicted molar refractivity (Wildman–Crippen MR) is 194 cm³/mol. The summed E-state index contributed by atoms with van der Waals surface area (Å²) in [5, 5.41) is 0. The molecule has 43 heavy (non-hydrogen) atoms. The molecule has 2 atom stereocenters. The van der Waals surface area contributed by atoms with E-state index >= 15 is 0 Å². The van der Waals surface area contributed by atoms with Crippen LogP contribution >= 0.6 is 0 Å². The molecule has 0 spiro atoms. The number of aromatic nitrogens is 2. The molecule has 0 aromatic carbocycles. The molecule has 0 bridgehead atoms. The fraction of sp³-hybridized carbons (Fsp3) is 0.927. The minimum Gasteiger partial charge on any atom is -0.332 e. The first-order valence-electron chi connectivity index (χ1n) is 20.3. The molecule has 1 rings (SSSR count). The predicted octanol–water partition coefficient (Wildman–Crippen LogP) is 15.1. The summed E-state index contributed by atoms with van der Waals surface area (Å²) in [7, 11) is 0. The van der Waals surface area contributed by atoms with Crippen LogP contribution in [0.15, 0.2) is 12.4 Å². The third kappa shape index (κ3) is 23.2. The fourth-order valence-corrected chi connectivity index (χ4v) is 7.06. The zero-order valence-corrected chi connectivity index (χ0v) is 30.3. The van der Waals surface area contributed by atoms with Crippen molar-refractivity contribution < 1.29 is 0 Å². The molecule has 2 nitrogen and oxygen atoms in total. The summed E-state index contributed by atoms with van der Waals surface area (Å²) in [4.78, 5) is 5.00. The second-order valence-electron chi connectivity index (χ2n) is 14.3. The van der Waals surface area contributed by atoms with Gasteiger partial charge in [0.15, 0.2) is 0 Å². The summed E-state index contributed by atoms with van der Waals surface area (Å²) in [6.07, 6.45) is 49.7. The maximum Gasteiger partial charge on any atom is 0.111 e. The Bertz CT molecular complexity index is 664. The number of hydrogen-bond acceptors (Lipinski definition) is 1. The number of unbranched alkanes of at least 4 members (excludes halogenated alkanes) is 26. The van der Waals surface area contributed by atoms with Crippen molar-refractivity contribution in [3.63, 3.8) is 0 Å². The highest BCUT2D eigenvalue weighted by Gasteiger charge is 2.19. The first-order chi connectivity index (χ1) is 21.2. The Morgan fingerprint density at radius 2 is 0.744 bits per heavy atom. The standard InChI is InChI=1S/C41H80N2/c1-5-8-11-14-16-18-20-21-23-25-27-30-33-36-40(35-32-28-13-10-7-3)41-42-37-38-43(41)39(4)34-31-29-26-24-22-19-17-15-12-9-6-2/h37-40H,5-36H2,1-4H3. The van der Waals surface area contributed by atoms with Crippen molar-refractivity contribution >= 4 is 0 Å². The van der Waals surface area contributed by atoms with Gasteiger partial charge in [-0.15, -0.1) is 0 Å². The molecule has 1 aromatic heterocycles. The summed E-state index contributed by atoms with van der Waals surface area (Å²) in [5.41, 5.74) is 0. The van der Waals surface area contributed by atoms with Crippen molar-refractivity contribution in [1.82, 2.24) is 9.55 Å². The van der Waals surface area contributed by atoms with Crippen molar-refractivity contribution in [1.29, 1.82) is 0 Å². The molecule has 0 aliphatic carbocycles. The molecule has 2 unspecified atom stereocenters. The van der Waals surface area contributed by atoms with Crippen LogP contribution < -0.4 is 0 Å². The second-order valence-corrected chi connectivity index (χ2v) is 14.3. The summed E-state index contributed by atoms with van der Waals surface area (Å²) >= 11 is 0. The molecule has 0 radical (unpaired) electrons. The van der Waals surface area contributed by atoms with Crippen LogP contribution in [0.3, 0.4) is 0 Å². The Labute approximate surface area is 272 Å². The minimum atomic E-state index is 0.588. The Morgan fingerprint density at radius 1 is 0.442 bits per heavy atom. The molecule has 1 heterocycles. The molecular weight excluding hydrogens is 520 g/mol. The van der Waals surface area contributed by atoms with Gasteiger partial charge in [0, 0.05) is 24.4 Å². The lowest BCUT2D eigenvalue weighted by molar-refractivity contribution is 0.412. The number of imidazole rings is 1. The van der Waals surface area contributed by atoms with Gasteiger partial charge < -0.3 is 4.57 Å². The lowest BCUT2D eigenvalue weighted by Crippen LogP contribution is -2.13. The topological polar surface area (TPSA) is 17.8 Å². The molecule has 0 aliphatic heterocycles. The van der Waals surface area contributed by atoms with Gasteiger partial charge in [-0.1, -0.05) is 207 Å². The molecular formula is C41H80N2. The smallest absolute Gasteiger partial charge is 0.111 e. The lowest BCUT2D eigenvalue weighted by atomic mass is 9.93. The van der Waals surface area contributed by atoms with E-state index < -0.39 is 0 Å². The summed E-state index contributed by atoms with van der Waals surface area (Å²) < 4.78 is 2.58. The van der Waals surface area contributed by atoms with Crippen LogP contribution in [-0.2, 0) is 0 Å². The number of hydrogen-bond donors (Lipinski definition) is 0. The van der Waals surface area contributed by atoms with Gasteiger partial charge in [0.05, 0.1) is 0 Å². The summed E-state index contributed by atoms with van der Waals surface area (Å²) in [5.74, 6) is 2.06. The van der Waals surface area contributed by atoms with E-state index in [1.165, 1.54) is 211 Å². The van der Waals surface area contributed by atoms with E-state index in [4.69, 9.17) is 4.98 Å². The molecule has 0 N–H and O–H groups in total. The highest BCUT2D eigenvalue weighted by atomic mass is 15.1. The zero-order valence-electron chi connectivity index (χ0n) is 30.3. The van der Waals surface area contributed by atoms with E-state index in [0.717, 1.165) is 0 Å². The molecule has 1 aromatic rings. The van der Waals surface area contributed by atoms with E-state index in [2.05, 4.69) is 44.7 Å². The van der Waals surface area contributed by atoms with Crippen LogP contribution in [0.5, 0.6) is 0 Å². The molecule has 254 valence electrons. The van der Waals surface area contributed by atoms with Gasteiger partial charge >= 0.3 is 0 Å². The third-order valence-corrected chi connectivity index (χ3v) is 10.1. The van der Waals surface area contributed by atoms with Gasteiger partial charge in [0.25, 0.3) is 0 Å². The van der Waals surface area contributed by atoms with E-state index in [1.807, 2.05) is 0 Å². The minimum absolute atomic E-state index is 0.588. The van der Waals surface area contributed by atoms with E-state index in [9.17, 15) is 0 Å². The maximum absolute atomic E-state index is 5.00. The second kappa shape index (κ2) is 31.2. The largest absolute Gasteiger partial charge is 0.332 e. The van der Waals surface area contributed by atoms with Crippen molar-refractivity contribution in [2.24, 2.45) is 0 Å². The van der Waals surface area contributed by atoms with Crippen molar-refractivity contribution in [3.8, 4) is 0 Å². The Morgan fingerprint density at radius 3 is 1.09 bits per heavy atom. The average Bonchev–Trinajstić information content (AvgIpc) is 3.51. The molecule has 0 amide bonds. The highest BCUT2D eigenvalue weighted by Crippen LogP contribution is 2.31. The maximum atomic E-state index is 5.00. The first-order valence-corrected chi connectivity index (χ1v) is 20.3. The van der Waals surface area contributed by atoms with Crippen LogP contribution in [0.1, 0.15) is 251 Å². The van der Waals surface area contributed by atoms with Gasteiger partial charge in [-0.25, -0.2) is 4.98 Å². The fourth-order valence-electron chi connectivity index (χ4n) is 7.06. The Balaban J connectivity index is 2.33. The molecule has 0 aliphatic rings.